The molecule has 0 amide bonds. The Morgan fingerprint density at radius 2 is 0.887 bits per heavy atom. The lowest BCUT2D eigenvalue weighted by Crippen LogP contribution is -2.61. The van der Waals surface area contributed by atoms with Gasteiger partial charge in [0.2, 0.25) is 0 Å². The van der Waals surface area contributed by atoms with Gasteiger partial charge in [-0.2, -0.15) is 0 Å². The number of esters is 3. The number of aliphatic hydroxyl groups excluding tert-OH is 2. The fourth-order valence-corrected chi connectivity index (χ4v) is 8.24. The average Bonchev–Trinajstić information content (AvgIpc) is 3.35. The van der Waals surface area contributed by atoms with Crippen LogP contribution in [0.5, 0.6) is 0 Å². The van der Waals surface area contributed by atoms with E-state index in [9.17, 15) is 34.5 Å². The van der Waals surface area contributed by atoms with Crippen molar-refractivity contribution in [2.75, 3.05) is 13.2 Å². The minimum atomic E-state index is -1.91. The monoisotopic (exact) mass is 1000 g/mol. The van der Waals surface area contributed by atoms with Gasteiger partial charge in [-0.05, 0) is 83.5 Å². The zero-order valence-electron chi connectivity index (χ0n) is 44.7. The molecule has 0 radical (unpaired) electrons. The van der Waals surface area contributed by atoms with Crippen molar-refractivity contribution in [3.8, 4) is 0 Å². The van der Waals surface area contributed by atoms with Gasteiger partial charge in [-0.25, -0.2) is 4.79 Å². The van der Waals surface area contributed by atoms with Crippen molar-refractivity contribution in [3.63, 3.8) is 0 Å². The van der Waals surface area contributed by atoms with Crippen LogP contribution in [0.25, 0.3) is 0 Å². The SMILES string of the molecule is CC/C=C\C/C=C\C/C=C\C/C=C\CCCCC(=O)OCC(COC1OC(C(=O)O)C(O)C(O)C1OC(=O)CCCCCCCCC/C=C\CCCCCCCC)OC(=O)CCCCCCCCCCC. The van der Waals surface area contributed by atoms with Gasteiger partial charge in [0, 0.05) is 19.3 Å². The lowest BCUT2D eigenvalue weighted by molar-refractivity contribution is -0.301. The third kappa shape index (κ3) is 37.8. The summed E-state index contributed by atoms with van der Waals surface area (Å²) in [6.45, 7) is 5.80. The van der Waals surface area contributed by atoms with Gasteiger partial charge in [0.1, 0.15) is 18.8 Å². The summed E-state index contributed by atoms with van der Waals surface area (Å²) in [6.07, 6.45) is 45.0. The number of ether oxygens (including phenoxy) is 5. The summed E-state index contributed by atoms with van der Waals surface area (Å²) in [5, 5.41) is 31.4. The van der Waals surface area contributed by atoms with Crippen LogP contribution in [0.15, 0.2) is 60.8 Å². The third-order valence-electron chi connectivity index (χ3n) is 12.6. The molecule has 1 heterocycles. The minimum Gasteiger partial charge on any atom is -0.479 e. The van der Waals surface area contributed by atoms with Crippen molar-refractivity contribution in [3.05, 3.63) is 60.8 Å². The predicted molar refractivity (Wildman–Crippen MR) is 285 cm³/mol. The molecule has 408 valence electrons. The van der Waals surface area contributed by atoms with Crippen LogP contribution in [0, 0.1) is 0 Å². The highest BCUT2D eigenvalue weighted by Crippen LogP contribution is 2.26. The van der Waals surface area contributed by atoms with Gasteiger partial charge >= 0.3 is 23.9 Å². The molecule has 12 nitrogen and oxygen atoms in total. The van der Waals surface area contributed by atoms with Gasteiger partial charge < -0.3 is 39.0 Å². The first-order valence-electron chi connectivity index (χ1n) is 28.3. The van der Waals surface area contributed by atoms with E-state index in [4.69, 9.17) is 23.7 Å². The zero-order chi connectivity index (χ0) is 51.8. The molecule has 0 aromatic rings. The van der Waals surface area contributed by atoms with Crippen LogP contribution in [0.4, 0.5) is 0 Å². The summed E-state index contributed by atoms with van der Waals surface area (Å²) in [7, 11) is 0. The van der Waals surface area contributed by atoms with Crippen molar-refractivity contribution in [2.45, 2.75) is 276 Å². The number of hydrogen-bond donors (Lipinski definition) is 3. The molecular formula is C59H100O12. The molecule has 0 aliphatic carbocycles. The number of carbonyl (C=O) groups is 4. The van der Waals surface area contributed by atoms with Crippen molar-refractivity contribution in [1.29, 1.82) is 0 Å². The van der Waals surface area contributed by atoms with Gasteiger partial charge in [0.05, 0.1) is 6.61 Å². The maximum Gasteiger partial charge on any atom is 0.335 e. The van der Waals surface area contributed by atoms with Crippen LogP contribution < -0.4 is 0 Å². The highest BCUT2D eigenvalue weighted by molar-refractivity contribution is 5.74. The Morgan fingerprint density at radius 1 is 0.479 bits per heavy atom. The largest absolute Gasteiger partial charge is 0.479 e. The Hall–Kier alpha value is -3.58. The molecule has 12 heteroatoms. The number of hydrogen-bond acceptors (Lipinski definition) is 11. The molecule has 1 fully saturated rings. The maximum atomic E-state index is 13.0. The summed E-state index contributed by atoms with van der Waals surface area (Å²) in [4.78, 5) is 50.9. The summed E-state index contributed by atoms with van der Waals surface area (Å²) in [5.41, 5.74) is 0. The molecule has 6 unspecified atom stereocenters. The maximum absolute atomic E-state index is 13.0. The third-order valence-corrected chi connectivity index (χ3v) is 12.6. The molecule has 3 N–H and O–H groups in total. The Balaban J connectivity index is 2.69. The molecule has 1 saturated heterocycles. The Bertz CT molecular complexity index is 1470. The lowest BCUT2D eigenvalue weighted by Gasteiger charge is -2.40. The first kappa shape index (κ1) is 65.4. The van der Waals surface area contributed by atoms with E-state index in [1.54, 1.807) is 0 Å². The fourth-order valence-electron chi connectivity index (χ4n) is 8.24. The van der Waals surface area contributed by atoms with E-state index in [2.05, 4.69) is 81.5 Å². The number of allylic oxidation sites excluding steroid dienone is 10. The van der Waals surface area contributed by atoms with E-state index in [-0.39, 0.29) is 25.9 Å². The summed E-state index contributed by atoms with van der Waals surface area (Å²) in [6, 6.07) is 0. The van der Waals surface area contributed by atoms with Crippen molar-refractivity contribution >= 4 is 23.9 Å². The zero-order valence-corrected chi connectivity index (χ0v) is 44.7. The van der Waals surface area contributed by atoms with E-state index in [1.807, 2.05) is 0 Å². The van der Waals surface area contributed by atoms with Crippen LogP contribution in [-0.4, -0.2) is 89.2 Å². The topological polar surface area (TPSA) is 175 Å². The highest BCUT2D eigenvalue weighted by Gasteiger charge is 2.50. The standard InChI is InChI=1S/C59H100O12/c1-4-7-10-13-16-19-21-23-25-26-28-30-32-35-38-41-44-47-53(62)70-57-55(64)54(63)56(58(65)66)71-59(57)68-49-50(69-52(61)46-43-40-37-33-18-15-12-9-6-3)48-67-51(60)45-42-39-36-34-31-29-27-24-22-20-17-14-11-8-5-2/h8,11,17,20,23-25,27,31,34,50,54-57,59,63-64H,4-7,9-10,12-16,18-19,21-22,26,28-30,32-33,35-49H2,1-3H3,(H,65,66)/b11-8-,20-17-,25-23-,27-24-,34-31-. The van der Waals surface area contributed by atoms with E-state index >= 15 is 0 Å². The smallest absolute Gasteiger partial charge is 0.335 e. The Kier molecular flexibility index (Phi) is 43.7. The Morgan fingerprint density at radius 3 is 1.39 bits per heavy atom. The van der Waals surface area contributed by atoms with E-state index in [0.29, 0.717) is 19.3 Å². The number of carboxylic acid groups (broad SMARTS) is 1. The molecule has 0 aromatic heterocycles. The molecular weight excluding hydrogens is 901 g/mol. The fraction of sp³-hybridized carbons (Fsp3) is 0.763. The normalized spacial score (nSPS) is 18.9. The van der Waals surface area contributed by atoms with E-state index in [1.165, 1.54) is 89.9 Å². The first-order chi connectivity index (χ1) is 34.6. The molecule has 1 aliphatic heterocycles. The van der Waals surface area contributed by atoms with Gasteiger partial charge in [0.25, 0.3) is 0 Å². The number of carboxylic acids is 1. The number of aliphatic hydroxyl groups is 2. The second kappa shape index (κ2) is 47.4. The van der Waals surface area contributed by atoms with Gasteiger partial charge in [-0.15, -0.1) is 0 Å². The van der Waals surface area contributed by atoms with Crippen LogP contribution in [0.3, 0.4) is 0 Å². The molecule has 1 rings (SSSR count). The van der Waals surface area contributed by atoms with E-state index in [0.717, 1.165) is 89.9 Å². The van der Waals surface area contributed by atoms with Crippen LogP contribution in [-0.2, 0) is 42.9 Å². The lowest BCUT2D eigenvalue weighted by atomic mass is 9.98. The molecule has 0 aromatic carbocycles. The van der Waals surface area contributed by atoms with Crippen LogP contribution in [0.2, 0.25) is 0 Å². The molecule has 0 spiro atoms. The molecule has 0 bridgehead atoms. The van der Waals surface area contributed by atoms with Gasteiger partial charge in [-0.1, -0.05) is 197 Å². The van der Waals surface area contributed by atoms with Crippen molar-refractivity contribution in [1.82, 2.24) is 0 Å². The first-order valence-corrected chi connectivity index (χ1v) is 28.3. The average molecular weight is 1000 g/mol. The van der Waals surface area contributed by atoms with Crippen LogP contribution >= 0.6 is 0 Å². The second-order valence-electron chi connectivity index (χ2n) is 19.2. The van der Waals surface area contributed by atoms with Crippen LogP contribution in [0.1, 0.15) is 239 Å². The summed E-state index contributed by atoms with van der Waals surface area (Å²) in [5.74, 6) is -3.18. The van der Waals surface area contributed by atoms with Crippen molar-refractivity contribution < 1.29 is 58.2 Å². The molecule has 6 atom stereocenters. The molecule has 71 heavy (non-hydrogen) atoms. The number of rotatable bonds is 47. The van der Waals surface area contributed by atoms with Gasteiger partial charge in [-0.3, -0.25) is 14.4 Å². The summed E-state index contributed by atoms with van der Waals surface area (Å²) >= 11 is 0. The minimum absolute atomic E-state index is 0.0519. The Labute approximate surface area is 430 Å². The number of aliphatic carboxylic acids is 1. The second-order valence-corrected chi connectivity index (χ2v) is 19.2. The molecule has 0 saturated carbocycles. The summed E-state index contributed by atoms with van der Waals surface area (Å²) < 4.78 is 28.3. The van der Waals surface area contributed by atoms with Crippen molar-refractivity contribution in [2.24, 2.45) is 0 Å². The highest BCUT2D eigenvalue weighted by atomic mass is 16.7. The van der Waals surface area contributed by atoms with Gasteiger partial charge in [0.15, 0.2) is 24.6 Å². The quantitative estimate of drug-likeness (QED) is 0.0228. The number of unbranched alkanes of at least 4 members (excludes halogenated alkanes) is 23. The predicted octanol–water partition coefficient (Wildman–Crippen LogP) is 14.0. The van der Waals surface area contributed by atoms with E-state index < -0.39 is 67.3 Å². The number of carbonyl (C=O) groups excluding carboxylic acids is 3. The molecule has 1 aliphatic rings.